The Kier molecular flexibility index (Phi) is 4.35. The summed E-state index contributed by atoms with van der Waals surface area (Å²) < 4.78 is 33.0. The molecule has 18 heavy (non-hydrogen) atoms. The Bertz CT molecular complexity index is 433. The van der Waals surface area contributed by atoms with E-state index < -0.39 is 11.6 Å². The van der Waals surface area contributed by atoms with E-state index in [1.165, 1.54) is 12.1 Å². The topological polar surface area (TPSA) is 21.3 Å². The third kappa shape index (κ3) is 3.08. The van der Waals surface area contributed by atoms with Gasteiger partial charge in [0.2, 0.25) is 0 Å². The Morgan fingerprint density at radius 3 is 2.89 bits per heavy atom. The largest absolute Gasteiger partial charge is 0.380 e. The van der Waals surface area contributed by atoms with Gasteiger partial charge in [-0.05, 0) is 47.8 Å². The zero-order valence-electron chi connectivity index (χ0n) is 10.2. The quantitative estimate of drug-likeness (QED) is 0.862. The van der Waals surface area contributed by atoms with Crippen molar-refractivity contribution in [2.24, 2.45) is 0 Å². The first-order chi connectivity index (χ1) is 8.52. The van der Waals surface area contributed by atoms with Crippen LogP contribution in [0.5, 0.6) is 0 Å². The highest BCUT2D eigenvalue weighted by atomic mass is 79.9. The van der Waals surface area contributed by atoms with Gasteiger partial charge in [-0.2, -0.15) is 0 Å². The van der Waals surface area contributed by atoms with Gasteiger partial charge in [-0.1, -0.05) is 0 Å². The van der Waals surface area contributed by atoms with Gasteiger partial charge in [0.25, 0.3) is 0 Å². The van der Waals surface area contributed by atoms with E-state index in [9.17, 15) is 8.78 Å². The fourth-order valence-electron chi connectivity index (χ4n) is 2.11. The third-order valence-corrected chi connectivity index (χ3v) is 3.88. The van der Waals surface area contributed by atoms with Gasteiger partial charge in [0.05, 0.1) is 11.1 Å². The molecule has 0 spiro atoms. The van der Waals surface area contributed by atoms with Gasteiger partial charge in [-0.3, -0.25) is 0 Å². The van der Waals surface area contributed by atoms with Crippen LogP contribution in [0, 0.1) is 11.6 Å². The molecule has 1 N–H and O–H groups in total. The number of nitrogens with one attached hydrogen (secondary N) is 1. The molecule has 0 saturated carbocycles. The summed E-state index contributed by atoms with van der Waals surface area (Å²) in [5.74, 6) is -1.06. The van der Waals surface area contributed by atoms with E-state index in [2.05, 4.69) is 21.2 Å². The molecule has 1 unspecified atom stereocenters. The molecule has 2 rings (SSSR count). The molecular weight excluding hydrogens is 304 g/mol. The summed E-state index contributed by atoms with van der Waals surface area (Å²) >= 11 is 3.07. The smallest absolute Gasteiger partial charge is 0.144 e. The van der Waals surface area contributed by atoms with Gasteiger partial charge < -0.3 is 10.1 Å². The molecule has 1 aliphatic rings. The van der Waals surface area contributed by atoms with Gasteiger partial charge >= 0.3 is 0 Å². The van der Waals surface area contributed by atoms with E-state index in [0.717, 1.165) is 19.4 Å². The van der Waals surface area contributed by atoms with E-state index in [0.29, 0.717) is 6.61 Å². The highest BCUT2D eigenvalue weighted by molar-refractivity contribution is 9.10. The van der Waals surface area contributed by atoms with E-state index >= 15 is 0 Å². The average molecular weight is 320 g/mol. The van der Waals surface area contributed by atoms with Gasteiger partial charge in [0.15, 0.2) is 0 Å². The summed E-state index contributed by atoms with van der Waals surface area (Å²) in [7, 11) is 0. The minimum atomic E-state index is -0.539. The first kappa shape index (κ1) is 13.9. The number of hydrogen-bond donors (Lipinski definition) is 1. The van der Waals surface area contributed by atoms with Crippen LogP contribution < -0.4 is 5.32 Å². The van der Waals surface area contributed by atoms with Crippen LogP contribution in [0.3, 0.4) is 0 Å². The Morgan fingerprint density at radius 1 is 1.44 bits per heavy atom. The molecule has 1 atom stereocenters. The van der Waals surface area contributed by atoms with Crippen LogP contribution in [-0.2, 0) is 11.3 Å². The normalized spacial score (nSPS) is 24.2. The second kappa shape index (κ2) is 5.63. The van der Waals surface area contributed by atoms with Crippen molar-refractivity contribution in [1.29, 1.82) is 0 Å². The van der Waals surface area contributed by atoms with Gasteiger partial charge in [0, 0.05) is 24.3 Å². The lowest BCUT2D eigenvalue weighted by Gasteiger charge is -2.34. The summed E-state index contributed by atoms with van der Waals surface area (Å²) in [6, 6.07) is 2.64. The molecule has 1 aromatic rings. The lowest BCUT2D eigenvalue weighted by molar-refractivity contribution is 0.0275. The van der Waals surface area contributed by atoms with Gasteiger partial charge in [0.1, 0.15) is 11.6 Å². The Morgan fingerprint density at radius 2 is 2.22 bits per heavy atom. The Labute approximate surface area is 114 Å². The van der Waals surface area contributed by atoms with Crippen LogP contribution in [-0.4, -0.2) is 18.8 Å². The van der Waals surface area contributed by atoms with Crippen molar-refractivity contribution in [2.45, 2.75) is 31.8 Å². The van der Waals surface area contributed by atoms with E-state index in [1.54, 1.807) is 0 Å². The molecule has 1 aliphatic heterocycles. The highest BCUT2D eigenvalue weighted by Crippen LogP contribution is 2.24. The molecule has 1 saturated heterocycles. The number of halogens is 3. The first-order valence-corrected chi connectivity index (χ1v) is 6.76. The molecule has 0 radical (unpaired) electrons. The molecule has 0 aromatic heterocycles. The zero-order chi connectivity index (χ0) is 13.2. The highest BCUT2D eigenvalue weighted by Gasteiger charge is 2.27. The molecule has 0 bridgehead atoms. The monoisotopic (exact) mass is 319 g/mol. The average Bonchev–Trinajstić information content (AvgIpc) is 2.35. The van der Waals surface area contributed by atoms with E-state index in [1.807, 2.05) is 6.92 Å². The van der Waals surface area contributed by atoms with Crippen molar-refractivity contribution in [2.75, 3.05) is 13.2 Å². The third-order valence-electron chi connectivity index (χ3n) is 3.27. The van der Waals surface area contributed by atoms with E-state index in [-0.39, 0.29) is 22.1 Å². The van der Waals surface area contributed by atoms with Crippen molar-refractivity contribution < 1.29 is 13.5 Å². The molecule has 100 valence electrons. The molecular formula is C13H16BrF2NO. The fourth-order valence-corrected chi connectivity index (χ4v) is 2.48. The summed E-state index contributed by atoms with van der Waals surface area (Å²) in [6.07, 6.45) is 1.91. The molecule has 2 nitrogen and oxygen atoms in total. The number of hydrogen-bond acceptors (Lipinski definition) is 2. The SMILES string of the molecule is CC1(NCc2c(F)ccc(Br)c2F)CCCOC1. The van der Waals surface area contributed by atoms with E-state index in [4.69, 9.17) is 4.74 Å². The second-order valence-electron chi connectivity index (χ2n) is 4.89. The van der Waals surface area contributed by atoms with Crippen LogP contribution in [0.1, 0.15) is 25.3 Å². The van der Waals surface area contributed by atoms with Crippen LogP contribution >= 0.6 is 15.9 Å². The molecule has 0 amide bonds. The molecule has 1 heterocycles. The van der Waals surface area contributed by atoms with Gasteiger partial charge in [-0.25, -0.2) is 8.78 Å². The summed E-state index contributed by atoms with van der Waals surface area (Å²) in [5, 5.41) is 3.20. The maximum Gasteiger partial charge on any atom is 0.144 e. The lowest BCUT2D eigenvalue weighted by Crippen LogP contribution is -2.48. The predicted molar refractivity (Wildman–Crippen MR) is 69.4 cm³/mol. The van der Waals surface area contributed by atoms with Crippen LogP contribution in [0.4, 0.5) is 8.78 Å². The van der Waals surface area contributed by atoms with Crippen LogP contribution in [0.15, 0.2) is 16.6 Å². The molecule has 5 heteroatoms. The molecule has 1 aromatic carbocycles. The van der Waals surface area contributed by atoms with Crippen molar-refractivity contribution in [3.8, 4) is 0 Å². The van der Waals surface area contributed by atoms with Crippen molar-refractivity contribution in [3.05, 3.63) is 33.8 Å². The van der Waals surface area contributed by atoms with Gasteiger partial charge in [-0.15, -0.1) is 0 Å². The molecule has 1 fully saturated rings. The van der Waals surface area contributed by atoms with Crippen molar-refractivity contribution in [3.63, 3.8) is 0 Å². The van der Waals surface area contributed by atoms with Crippen LogP contribution in [0.2, 0.25) is 0 Å². The maximum atomic E-state index is 13.8. The zero-order valence-corrected chi connectivity index (χ0v) is 11.8. The second-order valence-corrected chi connectivity index (χ2v) is 5.75. The fraction of sp³-hybridized carbons (Fsp3) is 0.538. The lowest BCUT2D eigenvalue weighted by atomic mass is 9.94. The summed E-state index contributed by atoms with van der Waals surface area (Å²) in [4.78, 5) is 0. The van der Waals surface area contributed by atoms with Crippen LogP contribution in [0.25, 0.3) is 0 Å². The number of rotatable bonds is 3. The standard InChI is InChI=1S/C13H16BrF2NO/c1-13(5-2-6-18-8-13)17-7-9-11(15)4-3-10(14)12(9)16/h3-4,17H,2,5-8H2,1H3. The Balaban J connectivity index is 2.08. The molecule has 0 aliphatic carbocycles. The summed E-state index contributed by atoms with van der Waals surface area (Å²) in [5.41, 5.74) is -0.143. The number of ether oxygens (including phenoxy) is 1. The van der Waals surface area contributed by atoms with Crippen molar-refractivity contribution in [1.82, 2.24) is 5.32 Å². The predicted octanol–water partition coefficient (Wildman–Crippen LogP) is 3.39. The van der Waals surface area contributed by atoms with Crippen molar-refractivity contribution >= 4 is 15.9 Å². The Hall–Kier alpha value is -0.520. The maximum absolute atomic E-state index is 13.8. The minimum Gasteiger partial charge on any atom is -0.380 e. The first-order valence-electron chi connectivity index (χ1n) is 5.97. The summed E-state index contributed by atoms with van der Waals surface area (Å²) in [6.45, 7) is 3.51. The minimum absolute atomic E-state index is 0.0659. The number of benzene rings is 1.